The first-order valence-electron chi connectivity index (χ1n) is 5.90. The predicted molar refractivity (Wildman–Crippen MR) is 57.2 cm³/mol. The molecule has 0 amide bonds. The van der Waals surface area contributed by atoms with Crippen LogP contribution in [0.1, 0.15) is 0 Å². The molecule has 0 radical (unpaired) electrons. The quantitative estimate of drug-likeness (QED) is 0.317. The van der Waals surface area contributed by atoms with Gasteiger partial charge in [0.2, 0.25) is 0 Å². The van der Waals surface area contributed by atoms with E-state index in [1.807, 2.05) is 0 Å². The summed E-state index contributed by atoms with van der Waals surface area (Å²) in [5.74, 6) is -1.84. The molecule has 6 atom stereocenters. The van der Waals surface area contributed by atoms with Gasteiger partial charge < -0.3 is 58.7 Å². The van der Waals surface area contributed by atoms with E-state index in [1.54, 1.807) is 0 Å². The average molecular weight is 345 g/mol. The number of phosphoric acid groups is 1. The van der Waals surface area contributed by atoms with Gasteiger partial charge in [-0.15, -0.1) is 0 Å². The lowest BCUT2D eigenvalue weighted by molar-refractivity contribution is -0.353. The number of phosphoric ester groups is 1. The molecule has 13 heteroatoms. The van der Waals surface area contributed by atoms with Gasteiger partial charge in [0, 0.05) is 0 Å². The van der Waals surface area contributed by atoms with Crippen molar-refractivity contribution in [1.29, 1.82) is 0 Å². The van der Waals surface area contributed by atoms with Crippen LogP contribution in [0.2, 0.25) is 0 Å². The molecule has 22 heavy (non-hydrogen) atoms. The van der Waals surface area contributed by atoms with E-state index in [4.69, 9.17) is 9.84 Å². The van der Waals surface area contributed by atoms with E-state index < -0.39 is 63.8 Å². The van der Waals surface area contributed by atoms with Crippen molar-refractivity contribution >= 4 is 13.8 Å². The van der Waals surface area contributed by atoms with Gasteiger partial charge in [0.25, 0.3) is 0 Å². The van der Waals surface area contributed by atoms with Gasteiger partial charge in [-0.3, -0.25) is 0 Å². The number of carbonyl (C=O) groups excluding carboxylic acids is 1. The lowest BCUT2D eigenvalue weighted by Gasteiger charge is -2.42. The molecule has 1 fully saturated rings. The summed E-state index contributed by atoms with van der Waals surface area (Å²) in [5, 5.41) is 48.1. The first-order valence-corrected chi connectivity index (χ1v) is 7.36. The Morgan fingerprint density at radius 2 is 1.82 bits per heavy atom. The Kier molecular flexibility index (Phi) is 6.83. The summed E-state index contributed by atoms with van der Waals surface area (Å²) in [7, 11) is -5.38. The SMILES string of the molecule is O=C([O-])C(CO)OC1OC(COP(=O)([O-])[O-])C(O)C(O)C1O. The highest BCUT2D eigenvalue weighted by Crippen LogP contribution is 2.29. The van der Waals surface area contributed by atoms with Crippen LogP contribution in [0.15, 0.2) is 0 Å². The maximum absolute atomic E-state index is 10.6. The van der Waals surface area contributed by atoms with Crippen molar-refractivity contribution in [3.63, 3.8) is 0 Å². The molecule has 0 spiro atoms. The zero-order valence-corrected chi connectivity index (χ0v) is 11.8. The highest BCUT2D eigenvalue weighted by atomic mass is 31.2. The summed E-state index contributed by atoms with van der Waals surface area (Å²) >= 11 is 0. The van der Waals surface area contributed by atoms with Gasteiger partial charge in [-0.25, -0.2) is 0 Å². The van der Waals surface area contributed by atoms with Crippen LogP contribution in [0.3, 0.4) is 0 Å². The second-order valence-corrected chi connectivity index (χ2v) is 5.54. The van der Waals surface area contributed by atoms with Gasteiger partial charge >= 0.3 is 0 Å². The zero-order chi connectivity index (χ0) is 17.1. The van der Waals surface area contributed by atoms with Gasteiger partial charge in [0.1, 0.15) is 30.5 Å². The number of hydrogen-bond acceptors (Lipinski definition) is 12. The number of carbonyl (C=O) groups is 1. The third-order valence-corrected chi connectivity index (χ3v) is 3.26. The van der Waals surface area contributed by atoms with E-state index >= 15 is 0 Å². The highest BCUT2D eigenvalue weighted by molar-refractivity contribution is 7.43. The predicted octanol–water partition coefficient (Wildman–Crippen LogP) is -6.23. The van der Waals surface area contributed by atoms with Crippen LogP contribution in [0, 0.1) is 0 Å². The topological polar surface area (TPSA) is 212 Å². The Morgan fingerprint density at radius 3 is 2.27 bits per heavy atom. The summed E-state index contributed by atoms with van der Waals surface area (Å²) in [6.45, 7) is -2.03. The van der Waals surface area contributed by atoms with Crippen LogP contribution in [-0.2, 0) is 23.4 Å². The van der Waals surface area contributed by atoms with Crippen molar-refractivity contribution in [3.8, 4) is 0 Å². The number of rotatable bonds is 7. The molecule has 0 aliphatic carbocycles. The van der Waals surface area contributed by atoms with Gasteiger partial charge in [0.15, 0.2) is 6.29 Å². The van der Waals surface area contributed by atoms with Crippen molar-refractivity contribution in [1.82, 2.24) is 0 Å². The van der Waals surface area contributed by atoms with Crippen LogP contribution in [0.4, 0.5) is 0 Å². The number of hydrogen-bond donors (Lipinski definition) is 4. The molecule has 0 aromatic rings. The van der Waals surface area contributed by atoms with Crippen LogP contribution >= 0.6 is 7.82 Å². The van der Waals surface area contributed by atoms with Crippen molar-refractivity contribution in [2.75, 3.05) is 13.2 Å². The second-order valence-electron chi connectivity index (χ2n) is 4.38. The molecule has 1 aliphatic rings. The van der Waals surface area contributed by atoms with E-state index in [0.29, 0.717) is 0 Å². The maximum atomic E-state index is 10.6. The number of aliphatic carboxylic acids is 1. The van der Waals surface area contributed by atoms with Crippen molar-refractivity contribution in [3.05, 3.63) is 0 Å². The molecule has 0 aromatic heterocycles. The fourth-order valence-electron chi connectivity index (χ4n) is 1.67. The van der Waals surface area contributed by atoms with Crippen LogP contribution < -0.4 is 14.9 Å². The largest absolute Gasteiger partial charge is 0.790 e. The minimum atomic E-state index is -5.38. The maximum Gasteiger partial charge on any atom is 0.187 e. The number of carboxylic acid groups (broad SMARTS) is 1. The lowest BCUT2D eigenvalue weighted by atomic mass is 9.99. The zero-order valence-electron chi connectivity index (χ0n) is 10.9. The summed E-state index contributed by atoms with van der Waals surface area (Å²) in [6, 6.07) is 0. The molecule has 4 N–H and O–H groups in total. The van der Waals surface area contributed by atoms with Crippen molar-refractivity contribution < 1.29 is 58.7 Å². The minimum absolute atomic E-state index is 0.996. The standard InChI is InChI=1S/C9H17O12P/c10-1-3(8(14)15)20-9-7(13)6(12)5(11)4(21-9)2-19-22(16,17)18/h3-7,9-13H,1-2H2,(H,14,15)(H2,16,17,18)/p-3. The lowest BCUT2D eigenvalue weighted by Crippen LogP contribution is -2.60. The van der Waals surface area contributed by atoms with Crippen molar-refractivity contribution in [2.45, 2.75) is 36.8 Å². The number of carboxylic acids is 1. The van der Waals surface area contributed by atoms with Gasteiger partial charge in [-0.05, 0) is 0 Å². The average Bonchev–Trinajstić information content (AvgIpc) is 2.41. The molecule has 1 aliphatic heterocycles. The smallest absolute Gasteiger partial charge is 0.187 e. The number of aliphatic hydroxyl groups excluding tert-OH is 4. The summed E-state index contributed by atoms with van der Waals surface area (Å²) in [5.41, 5.74) is 0. The van der Waals surface area contributed by atoms with E-state index in [-0.39, 0.29) is 0 Å². The molecule has 1 rings (SSSR count). The fourth-order valence-corrected chi connectivity index (χ4v) is 2.00. The highest BCUT2D eigenvalue weighted by Gasteiger charge is 2.45. The Bertz CT molecular complexity index is 423. The Morgan fingerprint density at radius 1 is 1.23 bits per heavy atom. The molecule has 12 nitrogen and oxygen atoms in total. The molecule has 1 heterocycles. The third kappa shape index (κ3) is 5.21. The molecular weight excluding hydrogens is 331 g/mol. The van der Waals surface area contributed by atoms with E-state index in [1.165, 1.54) is 0 Å². The van der Waals surface area contributed by atoms with E-state index in [0.717, 1.165) is 0 Å². The molecule has 6 unspecified atom stereocenters. The Labute approximate surface area is 123 Å². The van der Waals surface area contributed by atoms with Crippen LogP contribution in [-0.4, -0.2) is 76.4 Å². The van der Waals surface area contributed by atoms with Gasteiger partial charge in [-0.2, -0.15) is 0 Å². The number of ether oxygens (including phenoxy) is 2. The summed E-state index contributed by atoms with van der Waals surface area (Å²) in [6.07, 6.45) is -11.0. The van der Waals surface area contributed by atoms with Gasteiger partial charge in [0.05, 0.1) is 27.0 Å². The van der Waals surface area contributed by atoms with Crippen LogP contribution in [0.25, 0.3) is 0 Å². The van der Waals surface area contributed by atoms with E-state index in [2.05, 4.69) is 9.26 Å². The molecule has 0 saturated carbocycles. The van der Waals surface area contributed by atoms with Crippen LogP contribution in [0.5, 0.6) is 0 Å². The molecule has 130 valence electrons. The van der Waals surface area contributed by atoms with Crippen molar-refractivity contribution in [2.24, 2.45) is 0 Å². The first-order chi connectivity index (χ1) is 10.1. The monoisotopic (exact) mass is 345 g/mol. The Hall–Kier alpha value is -0.660. The van der Waals surface area contributed by atoms with E-state index in [9.17, 15) is 39.6 Å². The molecular formula is C9H14O12P-3. The molecule has 0 aromatic carbocycles. The minimum Gasteiger partial charge on any atom is -0.790 e. The fraction of sp³-hybridized carbons (Fsp3) is 0.889. The third-order valence-electron chi connectivity index (χ3n) is 2.79. The number of aliphatic hydroxyl groups is 4. The second kappa shape index (κ2) is 7.75. The Balaban J connectivity index is 2.77. The summed E-state index contributed by atoms with van der Waals surface area (Å²) in [4.78, 5) is 31.4. The normalized spacial score (nSPS) is 34.4. The first kappa shape index (κ1) is 19.4. The molecule has 0 bridgehead atoms. The summed E-state index contributed by atoms with van der Waals surface area (Å²) < 4.78 is 23.8. The van der Waals surface area contributed by atoms with Gasteiger partial charge in [-0.1, -0.05) is 0 Å². The molecule has 1 saturated heterocycles.